The third kappa shape index (κ3) is 5.34. The van der Waals surface area contributed by atoms with Crippen LogP contribution < -0.4 is 11.1 Å². The highest BCUT2D eigenvalue weighted by atomic mass is 16.5. The van der Waals surface area contributed by atoms with Gasteiger partial charge in [-0.3, -0.25) is 0 Å². The number of carbonyl (C=O) groups excluding carboxylic acids is 1. The van der Waals surface area contributed by atoms with Gasteiger partial charge in [0.1, 0.15) is 5.52 Å². The smallest absolute Gasteiger partial charge is 0.357 e. The maximum atomic E-state index is 12.0. The van der Waals surface area contributed by atoms with Crippen LogP contribution in [0.25, 0.3) is 11.2 Å². The number of aryl methyl sites for hydroxylation is 1. The molecular formula is C22H29N5O3. The minimum Gasteiger partial charge on any atom is -0.461 e. The van der Waals surface area contributed by atoms with Crippen LogP contribution >= 0.6 is 0 Å². The van der Waals surface area contributed by atoms with Crippen molar-refractivity contribution in [3.8, 4) is 0 Å². The van der Waals surface area contributed by atoms with Gasteiger partial charge in [-0.1, -0.05) is 12.1 Å². The number of aliphatic hydroxyl groups is 1. The number of rotatable bonds is 9. The van der Waals surface area contributed by atoms with Crippen LogP contribution in [0.5, 0.6) is 0 Å². The minimum atomic E-state index is -0.643. The van der Waals surface area contributed by atoms with E-state index in [1.807, 2.05) is 16.7 Å². The largest absolute Gasteiger partial charge is 0.461 e. The van der Waals surface area contributed by atoms with Gasteiger partial charge < -0.3 is 25.5 Å². The lowest BCUT2D eigenvalue weighted by Gasteiger charge is -2.28. The predicted octanol–water partition coefficient (Wildman–Crippen LogP) is 2.68. The number of anilines is 1. The summed E-state index contributed by atoms with van der Waals surface area (Å²) in [6.45, 7) is 7.29. The van der Waals surface area contributed by atoms with Crippen molar-refractivity contribution in [1.29, 1.82) is 0 Å². The fraction of sp³-hybridized carbons (Fsp3) is 0.409. The Bertz CT molecular complexity index is 1010. The van der Waals surface area contributed by atoms with Crippen LogP contribution in [0.1, 0.15) is 49.3 Å². The molecule has 0 saturated heterocycles. The van der Waals surface area contributed by atoms with E-state index >= 15 is 0 Å². The third-order valence-electron chi connectivity index (χ3n) is 4.99. The number of nitrogens with one attached hydrogen (secondary N) is 1. The molecule has 0 bridgehead atoms. The Morgan fingerprint density at radius 1 is 1.33 bits per heavy atom. The van der Waals surface area contributed by atoms with Crippen LogP contribution in [0.15, 0.2) is 42.7 Å². The first-order chi connectivity index (χ1) is 14.3. The van der Waals surface area contributed by atoms with Crippen LogP contribution in [-0.2, 0) is 11.3 Å². The van der Waals surface area contributed by atoms with Gasteiger partial charge in [0.2, 0.25) is 0 Å². The molecule has 0 spiro atoms. The average molecular weight is 412 g/mol. The Balaban J connectivity index is 1.62. The van der Waals surface area contributed by atoms with E-state index in [2.05, 4.69) is 29.1 Å². The molecule has 160 valence electrons. The summed E-state index contributed by atoms with van der Waals surface area (Å²) in [5, 5.41) is 13.9. The first kappa shape index (κ1) is 21.7. The van der Waals surface area contributed by atoms with E-state index in [0.717, 1.165) is 17.5 Å². The number of ether oxygens (including phenoxy) is 1. The molecule has 30 heavy (non-hydrogen) atoms. The highest BCUT2D eigenvalue weighted by Gasteiger charge is 2.20. The summed E-state index contributed by atoms with van der Waals surface area (Å²) in [7, 11) is 0. The highest BCUT2D eigenvalue weighted by Crippen LogP contribution is 2.19. The zero-order valence-electron chi connectivity index (χ0n) is 17.6. The Morgan fingerprint density at radius 2 is 2.13 bits per heavy atom. The molecule has 2 heterocycles. The molecule has 8 heteroatoms. The first-order valence-corrected chi connectivity index (χ1v) is 10.1. The molecule has 1 atom stereocenters. The summed E-state index contributed by atoms with van der Waals surface area (Å²) < 4.78 is 6.96. The number of hydrogen-bond donors (Lipinski definition) is 3. The van der Waals surface area contributed by atoms with Gasteiger partial charge in [0.25, 0.3) is 0 Å². The minimum absolute atomic E-state index is 0.239. The van der Waals surface area contributed by atoms with Crippen LogP contribution in [0.4, 0.5) is 5.69 Å². The monoisotopic (exact) mass is 411 g/mol. The molecule has 0 saturated carbocycles. The number of imidazole rings is 1. The lowest BCUT2D eigenvalue weighted by atomic mass is 9.99. The summed E-state index contributed by atoms with van der Waals surface area (Å²) in [5.74, 6) is -0.440. The number of aliphatic hydroxyl groups excluding tert-OH is 1. The second-order valence-corrected chi connectivity index (χ2v) is 7.90. The molecule has 8 nitrogen and oxygen atoms in total. The van der Waals surface area contributed by atoms with E-state index in [4.69, 9.17) is 10.5 Å². The van der Waals surface area contributed by atoms with Crippen LogP contribution in [0.2, 0.25) is 0 Å². The van der Waals surface area contributed by atoms with Gasteiger partial charge in [-0.05, 0) is 57.0 Å². The van der Waals surface area contributed by atoms with Gasteiger partial charge in [0.05, 0.1) is 19.0 Å². The number of pyridine rings is 1. The molecule has 0 aliphatic heterocycles. The Morgan fingerprint density at radius 3 is 2.87 bits per heavy atom. The van der Waals surface area contributed by atoms with Gasteiger partial charge in [-0.15, -0.1) is 0 Å². The van der Waals surface area contributed by atoms with Gasteiger partial charge in [-0.25, -0.2) is 14.8 Å². The summed E-state index contributed by atoms with van der Waals surface area (Å²) >= 11 is 0. The normalized spacial score (nSPS) is 12.8. The van der Waals surface area contributed by atoms with Crippen molar-refractivity contribution >= 4 is 22.8 Å². The van der Waals surface area contributed by atoms with E-state index in [-0.39, 0.29) is 11.2 Å². The van der Waals surface area contributed by atoms with Gasteiger partial charge in [0, 0.05) is 24.3 Å². The number of fused-ring (bicyclic) bond motifs is 1. The molecule has 0 aliphatic rings. The van der Waals surface area contributed by atoms with Crippen molar-refractivity contribution in [1.82, 2.24) is 19.9 Å². The number of hydrogen-bond acceptors (Lipinski definition) is 7. The van der Waals surface area contributed by atoms with Crippen LogP contribution in [0, 0.1) is 0 Å². The van der Waals surface area contributed by atoms with Crippen molar-refractivity contribution in [2.45, 2.75) is 45.4 Å². The second kappa shape index (κ2) is 9.23. The van der Waals surface area contributed by atoms with E-state index in [9.17, 15) is 9.90 Å². The molecule has 0 amide bonds. The molecule has 1 unspecified atom stereocenters. The molecular weight excluding hydrogens is 382 g/mol. The number of esters is 1. The standard InChI is InChI=1S/C22H29N5O3/c1-4-30-21(29)18-9-8-17-20(26-18)27(14-24-17)11-10-22(2,3)25-13-19(28)15-6-5-7-16(23)12-15/h5-9,12,14,19,25,28H,4,10-11,13,23H2,1-3H3. The van der Waals surface area contributed by atoms with Crippen molar-refractivity contribution < 1.29 is 14.6 Å². The predicted molar refractivity (Wildman–Crippen MR) is 116 cm³/mol. The summed E-state index contributed by atoms with van der Waals surface area (Å²) in [5.41, 5.74) is 8.62. The number of benzene rings is 1. The number of carbonyl (C=O) groups is 1. The maximum Gasteiger partial charge on any atom is 0.357 e. The van der Waals surface area contributed by atoms with Crippen molar-refractivity contribution in [3.05, 3.63) is 54.0 Å². The molecule has 0 radical (unpaired) electrons. The lowest BCUT2D eigenvalue weighted by Crippen LogP contribution is -2.42. The SMILES string of the molecule is CCOC(=O)c1ccc2ncn(CCC(C)(C)NCC(O)c3cccc(N)c3)c2n1. The molecule has 3 aromatic rings. The van der Waals surface area contributed by atoms with E-state index in [0.29, 0.717) is 31.0 Å². The number of nitrogens with zero attached hydrogens (tertiary/aromatic N) is 3. The fourth-order valence-corrected chi connectivity index (χ4v) is 3.17. The van der Waals surface area contributed by atoms with Crippen molar-refractivity contribution in [3.63, 3.8) is 0 Å². The fourth-order valence-electron chi connectivity index (χ4n) is 3.17. The molecule has 0 fully saturated rings. The van der Waals surface area contributed by atoms with Gasteiger partial charge >= 0.3 is 5.97 Å². The Labute approximate surface area is 176 Å². The van der Waals surface area contributed by atoms with E-state index in [1.54, 1.807) is 37.5 Å². The van der Waals surface area contributed by atoms with Crippen molar-refractivity contribution in [2.75, 3.05) is 18.9 Å². The van der Waals surface area contributed by atoms with Gasteiger partial charge in [-0.2, -0.15) is 0 Å². The quantitative estimate of drug-likeness (QED) is 0.366. The average Bonchev–Trinajstić information content (AvgIpc) is 3.13. The highest BCUT2D eigenvalue weighted by molar-refractivity contribution is 5.89. The zero-order chi connectivity index (χ0) is 21.7. The number of β-amino-alcohol motifs (C(OH)–C–C–N with tert-alkyl or cyclic N) is 1. The topological polar surface area (TPSA) is 115 Å². The zero-order valence-corrected chi connectivity index (χ0v) is 17.6. The first-order valence-electron chi connectivity index (χ1n) is 10.1. The van der Waals surface area contributed by atoms with Crippen LogP contribution in [0.3, 0.4) is 0 Å². The lowest BCUT2D eigenvalue weighted by molar-refractivity contribution is 0.0520. The summed E-state index contributed by atoms with van der Waals surface area (Å²) in [6, 6.07) is 10.7. The molecule has 3 rings (SSSR count). The second-order valence-electron chi connectivity index (χ2n) is 7.90. The number of aromatic nitrogens is 3. The molecule has 1 aromatic carbocycles. The summed E-state index contributed by atoms with van der Waals surface area (Å²) in [4.78, 5) is 20.8. The van der Waals surface area contributed by atoms with Crippen LogP contribution in [-0.4, -0.2) is 44.3 Å². The van der Waals surface area contributed by atoms with E-state index in [1.165, 1.54) is 0 Å². The third-order valence-corrected chi connectivity index (χ3v) is 4.99. The van der Waals surface area contributed by atoms with Gasteiger partial charge in [0.15, 0.2) is 11.3 Å². The number of nitrogen functional groups attached to an aromatic ring is 1. The number of nitrogens with two attached hydrogens (primary N) is 1. The Kier molecular flexibility index (Phi) is 6.69. The van der Waals surface area contributed by atoms with E-state index < -0.39 is 12.1 Å². The summed E-state index contributed by atoms with van der Waals surface area (Å²) in [6.07, 6.45) is 1.85. The Hall–Kier alpha value is -2.97. The molecule has 2 aromatic heterocycles. The van der Waals surface area contributed by atoms with Crippen molar-refractivity contribution in [2.24, 2.45) is 0 Å². The molecule has 0 aliphatic carbocycles. The molecule has 4 N–H and O–H groups in total. The maximum absolute atomic E-state index is 12.0.